The summed E-state index contributed by atoms with van der Waals surface area (Å²) in [4.78, 5) is 38.3. The average Bonchev–Trinajstić information content (AvgIpc) is 3.45. The highest BCUT2D eigenvalue weighted by atomic mass is 16.6. The van der Waals surface area contributed by atoms with Crippen LogP contribution in [-0.4, -0.2) is 37.2 Å². The second-order valence-corrected chi connectivity index (χ2v) is 21.3. The highest BCUT2D eigenvalue weighted by molar-refractivity contribution is 5.71. The normalized spacial score (nSPS) is 13.0. The summed E-state index contributed by atoms with van der Waals surface area (Å²) >= 11 is 0. The zero-order chi connectivity index (χ0) is 57.1. The molecule has 0 N–H and O–H groups in total. The molecule has 0 rings (SSSR count). The van der Waals surface area contributed by atoms with E-state index in [4.69, 9.17) is 14.2 Å². The molecule has 0 aromatic heterocycles. The van der Waals surface area contributed by atoms with E-state index in [1.165, 1.54) is 89.9 Å². The maximum Gasteiger partial charge on any atom is 0.306 e. The molecule has 79 heavy (non-hydrogen) atoms. The third-order valence-corrected chi connectivity index (χ3v) is 13.6. The highest BCUT2D eigenvalue weighted by Gasteiger charge is 2.19. The van der Waals surface area contributed by atoms with Crippen molar-refractivity contribution in [2.24, 2.45) is 0 Å². The first-order chi connectivity index (χ1) is 39.0. The molecule has 1 atom stereocenters. The molecule has 0 aromatic carbocycles. The van der Waals surface area contributed by atoms with Crippen LogP contribution in [0.4, 0.5) is 0 Å². The zero-order valence-electron chi connectivity index (χ0n) is 51.3. The Morgan fingerprint density at radius 3 is 0.810 bits per heavy atom. The summed E-state index contributed by atoms with van der Waals surface area (Å²) in [5.74, 6) is -0.921. The van der Waals surface area contributed by atoms with Crippen molar-refractivity contribution >= 4 is 17.9 Å². The van der Waals surface area contributed by atoms with Crippen molar-refractivity contribution in [1.29, 1.82) is 0 Å². The second-order valence-electron chi connectivity index (χ2n) is 21.3. The van der Waals surface area contributed by atoms with Gasteiger partial charge >= 0.3 is 17.9 Å². The monoisotopic (exact) mass is 1090 g/mol. The largest absolute Gasteiger partial charge is 0.462 e. The van der Waals surface area contributed by atoms with Crippen LogP contribution >= 0.6 is 0 Å². The molecule has 0 bridgehead atoms. The Bertz CT molecular complexity index is 1680. The van der Waals surface area contributed by atoms with E-state index in [9.17, 15) is 14.4 Å². The summed E-state index contributed by atoms with van der Waals surface area (Å²) in [5, 5.41) is 0. The number of hydrogen-bond acceptors (Lipinski definition) is 6. The van der Waals surface area contributed by atoms with Gasteiger partial charge in [-0.1, -0.05) is 289 Å². The van der Waals surface area contributed by atoms with Gasteiger partial charge in [0.15, 0.2) is 6.10 Å². The predicted molar refractivity (Wildman–Crippen MR) is 343 cm³/mol. The molecule has 0 aliphatic rings. The first kappa shape index (κ1) is 74.5. The van der Waals surface area contributed by atoms with Gasteiger partial charge in [0.2, 0.25) is 0 Å². The molecule has 1 unspecified atom stereocenters. The highest BCUT2D eigenvalue weighted by Crippen LogP contribution is 2.15. The Kier molecular flexibility index (Phi) is 62.3. The first-order valence-corrected chi connectivity index (χ1v) is 32.7. The molecule has 0 amide bonds. The lowest BCUT2D eigenvalue weighted by molar-refractivity contribution is -0.167. The third-order valence-electron chi connectivity index (χ3n) is 13.6. The van der Waals surface area contributed by atoms with E-state index >= 15 is 0 Å². The van der Waals surface area contributed by atoms with E-state index in [1.807, 2.05) is 0 Å². The number of allylic oxidation sites excluding steroid dienone is 22. The molecule has 6 heteroatoms. The molecule has 0 aromatic rings. The van der Waals surface area contributed by atoms with Crippen molar-refractivity contribution in [3.8, 4) is 0 Å². The molecular formula is C73H120O6. The van der Waals surface area contributed by atoms with Crippen molar-refractivity contribution in [3.05, 3.63) is 134 Å². The van der Waals surface area contributed by atoms with Gasteiger partial charge in [0.05, 0.1) is 0 Å². The molecule has 0 aliphatic heterocycles. The van der Waals surface area contributed by atoms with Gasteiger partial charge in [-0.15, -0.1) is 0 Å². The Balaban J connectivity index is 4.32. The van der Waals surface area contributed by atoms with Gasteiger partial charge in [0.25, 0.3) is 0 Å². The number of carbonyl (C=O) groups is 3. The minimum absolute atomic E-state index is 0.0904. The summed E-state index contributed by atoms with van der Waals surface area (Å²) in [7, 11) is 0. The summed E-state index contributed by atoms with van der Waals surface area (Å²) in [6.45, 7) is 6.47. The van der Waals surface area contributed by atoms with Gasteiger partial charge < -0.3 is 14.2 Å². The number of carbonyl (C=O) groups excluding carboxylic acids is 3. The maximum absolute atomic E-state index is 12.9. The van der Waals surface area contributed by atoms with E-state index in [0.717, 1.165) is 161 Å². The first-order valence-electron chi connectivity index (χ1n) is 32.7. The lowest BCUT2D eigenvalue weighted by Crippen LogP contribution is -2.30. The van der Waals surface area contributed by atoms with Crippen LogP contribution in [0, 0.1) is 0 Å². The van der Waals surface area contributed by atoms with E-state index in [0.29, 0.717) is 19.3 Å². The lowest BCUT2D eigenvalue weighted by Gasteiger charge is -2.18. The second kappa shape index (κ2) is 66.1. The van der Waals surface area contributed by atoms with Gasteiger partial charge in [0.1, 0.15) is 13.2 Å². The van der Waals surface area contributed by atoms with E-state index in [1.54, 1.807) is 0 Å². The van der Waals surface area contributed by atoms with E-state index in [2.05, 4.69) is 154 Å². The minimum Gasteiger partial charge on any atom is -0.462 e. The summed E-state index contributed by atoms with van der Waals surface area (Å²) in [5.41, 5.74) is 0. The molecule has 448 valence electrons. The number of unbranched alkanes of at least 4 members (excludes halogenated alkanes) is 25. The molecular weight excluding hydrogens is 973 g/mol. The number of rotatable bonds is 58. The molecule has 0 saturated heterocycles. The Morgan fingerprint density at radius 1 is 0.266 bits per heavy atom. The third kappa shape index (κ3) is 64.3. The molecule has 0 radical (unpaired) electrons. The van der Waals surface area contributed by atoms with Crippen molar-refractivity contribution < 1.29 is 28.6 Å². The number of hydrogen-bond donors (Lipinski definition) is 0. The van der Waals surface area contributed by atoms with Crippen LogP contribution in [0.3, 0.4) is 0 Å². The molecule has 0 aliphatic carbocycles. The van der Waals surface area contributed by atoms with E-state index in [-0.39, 0.29) is 31.1 Å². The number of esters is 3. The smallest absolute Gasteiger partial charge is 0.306 e. The Morgan fingerprint density at radius 2 is 0.506 bits per heavy atom. The van der Waals surface area contributed by atoms with Gasteiger partial charge in [0, 0.05) is 19.3 Å². The summed E-state index contributed by atoms with van der Waals surface area (Å²) in [6, 6.07) is 0. The van der Waals surface area contributed by atoms with Crippen LogP contribution in [0.5, 0.6) is 0 Å². The maximum atomic E-state index is 12.9. The summed E-state index contributed by atoms with van der Waals surface area (Å²) < 4.78 is 16.9. The molecule has 0 heterocycles. The predicted octanol–water partition coefficient (Wildman–Crippen LogP) is 22.5. The van der Waals surface area contributed by atoms with Crippen LogP contribution in [0.2, 0.25) is 0 Å². The van der Waals surface area contributed by atoms with Crippen LogP contribution in [0.25, 0.3) is 0 Å². The van der Waals surface area contributed by atoms with Crippen LogP contribution in [0.15, 0.2) is 134 Å². The average molecular weight is 1090 g/mol. The molecule has 0 saturated carbocycles. The van der Waals surface area contributed by atoms with Crippen molar-refractivity contribution in [2.45, 2.75) is 297 Å². The molecule has 0 fully saturated rings. The van der Waals surface area contributed by atoms with Gasteiger partial charge in [-0.3, -0.25) is 14.4 Å². The Labute approximate surface area is 487 Å². The Hall–Kier alpha value is -4.45. The lowest BCUT2D eigenvalue weighted by atomic mass is 10.0. The van der Waals surface area contributed by atoms with Crippen molar-refractivity contribution in [3.63, 3.8) is 0 Å². The van der Waals surface area contributed by atoms with Crippen molar-refractivity contribution in [1.82, 2.24) is 0 Å². The van der Waals surface area contributed by atoms with E-state index < -0.39 is 6.10 Å². The zero-order valence-corrected chi connectivity index (χ0v) is 51.3. The molecule has 0 spiro atoms. The van der Waals surface area contributed by atoms with Crippen LogP contribution in [0.1, 0.15) is 290 Å². The van der Waals surface area contributed by atoms with Gasteiger partial charge in [-0.2, -0.15) is 0 Å². The SMILES string of the molecule is CC/C=C\C/C=C\C/C=C\C/C=C\C/C=C\C/C=C\C/C=C\C/C=C\C/C=C\CCCCCCCC(=O)OCC(COC(=O)CCCCCCCCCCCCCCCC)OC(=O)CCCCCCC/C=C\C/C=C\CCCC. The molecule has 6 nitrogen and oxygen atoms in total. The minimum atomic E-state index is -0.796. The fraction of sp³-hybridized carbons (Fsp3) is 0.658. The fourth-order valence-corrected chi connectivity index (χ4v) is 8.75. The summed E-state index contributed by atoms with van der Waals surface area (Å²) in [6.07, 6.45) is 93.1. The number of ether oxygens (including phenoxy) is 3. The fourth-order valence-electron chi connectivity index (χ4n) is 8.75. The van der Waals surface area contributed by atoms with Gasteiger partial charge in [-0.25, -0.2) is 0 Å². The van der Waals surface area contributed by atoms with Gasteiger partial charge in [-0.05, 0) is 116 Å². The topological polar surface area (TPSA) is 78.9 Å². The standard InChI is InChI=1S/C73H120O6/c1-4-7-10-13-16-19-22-25-28-29-30-31-32-33-34-35-36-37-38-39-40-41-42-43-44-45-46-49-51-54-57-60-63-66-72(75)78-69-70(79-73(76)67-64-61-58-55-52-48-27-24-21-18-15-12-9-6-3)68-77-71(74)65-62-59-56-53-50-47-26-23-20-17-14-11-8-5-2/h7,10,15-16,18-19,24-25,27-28,30-31,33-34,36-37,39-40,42-43,45-46,70H,4-6,8-9,11-14,17,20-23,26,29,32,35,38,41,44,47-69H2,1-3H3/b10-7-,18-15-,19-16-,27-24-,28-25-,31-30-,34-33-,37-36-,40-39-,43-42-,46-45-. The van der Waals surface area contributed by atoms with Crippen LogP contribution < -0.4 is 0 Å². The quantitative estimate of drug-likeness (QED) is 0.0261. The van der Waals surface area contributed by atoms with Crippen molar-refractivity contribution in [2.75, 3.05) is 13.2 Å². The van der Waals surface area contributed by atoms with Crippen LogP contribution in [-0.2, 0) is 28.6 Å².